The Morgan fingerprint density at radius 1 is 1.30 bits per heavy atom. The lowest BCUT2D eigenvalue weighted by Crippen LogP contribution is -2.41. The molecule has 3 N–H and O–H groups in total. The van der Waals surface area contributed by atoms with E-state index in [9.17, 15) is 5.26 Å². The molecule has 0 saturated heterocycles. The van der Waals surface area contributed by atoms with Gasteiger partial charge in [0.15, 0.2) is 5.11 Å². The van der Waals surface area contributed by atoms with Gasteiger partial charge in [0.05, 0.1) is 6.20 Å². The summed E-state index contributed by atoms with van der Waals surface area (Å²) in [6.45, 7) is 0.737. The van der Waals surface area contributed by atoms with Crippen LogP contribution in [0.5, 0.6) is 0 Å². The third-order valence-corrected chi connectivity index (χ3v) is 2.91. The number of rotatable bonds is 4. The number of allylic oxidation sites excluding steroid dienone is 1. The van der Waals surface area contributed by atoms with Crippen molar-refractivity contribution in [1.82, 2.24) is 15.3 Å². The molecule has 1 aliphatic rings. The first-order chi connectivity index (χ1) is 9.69. The topological polar surface area (TPSA) is 68.3 Å². The summed E-state index contributed by atoms with van der Waals surface area (Å²) in [4.78, 5) is 1.89. The fourth-order valence-electron chi connectivity index (χ4n) is 1.86. The Labute approximate surface area is 123 Å². The van der Waals surface area contributed by atoms with E-state index < -0.39 is 0 Å². The van der Waals surface area contributed by atoms with Gasteiger partial charge < -0.3 is 10.6 Å². The van der Waals surface area contributed by atoms with Crippen molar-refractivity contribution >= 4 is 17.3 Å². The molecule has 0 saturated carbocycles. The maximum atomic E-state index is 9.20. The highest BCUT2D eigenvalue weighted by Gasteiger charge is 2.13. The van der Waals surface area contributed by atoms with Crippen LogP contribution in [0.1, 0.15) is 5.56 Å². The van der Waals surface area contributed by atoms with E-state index in [0.717, 1.165) is 13.0 Å². The highest BCUT2D eigenvalue weighted by atomic mass is 32.1. The molecule has 5 nitrogen and oxygen atoms in total. The van der Waals surface area contributed by atoms with Gasteiger partial charge in [-0.3, -0.25) is 10.4 Å². The zero-order valence-corrected chi connectivity index (χ0v) is 11.7. The van der Waals surface area contributed by atoms with Crippen molar-refractivity contribution in [1.29, 1.82) is 5.26 Å². The molecule has 0 amide bonds. The van der Waals surface area contributed by atoms with Crippen molar-refractivity contribution in [3.63, 3.8) is 0 Å². The predicted molar refractivity (Wildman–Crippen MR) is 81.4 cm³/mol. The van der Waals surface area contributed by atoms with Crippen molar-refractivity contribution < 1.29 is 0 Å². The zero-order chi connectivity index (χ0) is 14.4. The van der Waals surface area contributed by atoms with E-state index in [-0.39, 0.29) is 5.11 Å². The SMILES string of the molecule is N#CC1=CN(NC(N)=S)C=CN1CCc1ccccc1. The van der Waals surface area contributed by atoms with Gasteiger partial charge in [0.25, 0.3) is 0 Å². The minimum Gasteiger partial charge on any atom is -0.375 e. The number of hydrazine groups is 1. The van der Waals surface area contributed by atoms with Gasteiger partial charge in [-0.1, -0.05) is 30.3 Å². The van der Waals surface area contributed by atoms with Crippen molar-refractivity contribution in [3.8, 4) is 6.07 Å². The maximum Gasteiger partial charge on any atom is 0.183 e. The van der Waals surface area contributed by atoms with E-state index in [1.54, 1.807) is 17.4 Å². The molecule has 0 bridgehead atoms. The molecule has 1 aliphatic heterocycles. The molecule has 0 unspecified atom stereocenters. The highest BCUT2D eigenvalue weighted by molar-refractivity contribution is 7.80. The molecule has 0 aromatic heterocycles. The number of benzene rings is 1. The van der Waals surface area contributed by atoms with Crippen LogP contribution < -0.4 is 11.2 Å². The Balaban J connectivity index is 1.98. The predicted octanol–water partition coefficient (Wildman–Crippen LogP) is 1.43. The number of nitrogens with zero attached hydrogens (tertiary/aromatic N) is 3. The lowest BCUT2D eigenvalue weighted by molar-refractivity contribution is 0.382. The molecule has 0 atom stereocenters. The van der Waals surface area contributed by atoms with Crippen molar-refractivity contribution in [2.24, 2.45) is 5.73 Å². The average molecular weight is 285 g/mol. The molecule has 0 aliphatic carbocycles. The van der Waals surface area contributed by atoms with E-state index >= 15 is 0 Å². The van der Waals surface area contributed by atoms with Gasteiger partial charge in [-0.05, 0) is 24.2 Å². The van der Waals surface area contributed by atoms with Gasteiger partial charge in [0.2, 0.25) is 0 Å². The van der Waals surface area contributed by atoms with Gasteiger partial charge >= 0.3 is 0 Å². The molecule has 1 aromatic rings. The maximum absolute atomic E-state index is 9.20. The smallest absolute Gasteiger partial charge is 0.183 e. The first-order valence-corrected chi connectivity index (χ1v) is 6.55. The van der Waals surface area contributed by atoms with Crippen LogP contribution in [0.4, 0.5) is 0 Å². The van der Waals surface area contributed by atoms with Crippen LogP contribution in [0, 0.1) is 11.3 Å². The van der Waals surface area contributed by atoms with E-state index in [0.29, 0.717) is 5.70 Å². The number of hydrogen-bond acceptors (Lipinski definition) is 4. The minimum atomic E-state index is 0.154. The second-order valence-electron chi connectivity index (χ2n) is 4.24. The van der Waals surface area contributed by atoms with Crippen LogP contribution in [0.15, 0.2) is 54.6 Å². The van der Waals surface area contributed by atoms with Gasteiger partial charge in [0.1, 0.15) is 11.8 Å². The molecule has 0 spiro atoms. The molecule has 1 heterocycles. The summed E-state index contributed by atoms with van der Waals surface area (Å²) in [6, 6.07) is 12.3. The summed E-state index contributed by atoms with van der Waals surface area (Å²) in [5.41, 5.74) is 9.91. The standard InChI is InChI=1S/C14H15N5S/c15-10-13-11-19(17-14(16)20)9-8-18(13)7-6-12-4-2-1-3-5-12/h1-5,8-9,11H,6-7H2,(H3,16,17,20). The van der Waals surface area contributed by atoms with Crippen LogP contribution in [0.2, 0.25) is 0 Å². The quantitative estimate of drug-likeness (QED) is 0.816. The molecule has 0 fully saturated rings. The summed E-state index contributed by atoms with van der Waals surface area (Å²) < 4.78 is 0. The zero-order valence-electron chi connectivity index (χ0n) is 10.9. The van der Waals surface area contributed by atoms with Gasteiger partial charge in [-0.15, -0.1) is 0 Å². The number of nitriles is 1. The Morgan fingerprint density at radius 3 is 2.70 bits per heavy atom. The largest absolute Gasteiger partial charge is 0.375 e. The molecule has 20 heavy (non-hydrogen) atoms. The normalized spacial score (nSPS) is 13.7. The molecule has 6 heteroatoms. The third-order valence-electron chi connectivity index (χ3n) is 2.82. The van der Waals surface area contributed by atoms with Gasteiger partial charge in [-0.25, -0.2) is 0 Å². The molecular formula is C14H15N5S. The fraction of sp³-hybridized carbons (Fsp3) is 0.143. The summed E-state index contributed by atoms with van der Waals surface area (Å²) in [6.07, 6.45) is 6.12. The molecule has 0 radical (unpaired) electrons. The van der Waals surface area contributed by atoms with Crippen LogP contribution in [0.3, 0.4) is 0 Å². The van der Waals surface area contributed by atoms with E-state index in [1.165, 1.54) is 5.56 Å². The van der Waals surface area contributed by atoms with Crippen LogP contribution >= 0.6 is 12.2 Å². The molecule has 102 valence electrons. The van der Waals surface area contributed by atoms with E-state index in [4.69, 9.17) is 18.0 Å². The Kier molecular flexibility index (Phi) is 4.58. The Morgan fingerprint density at radius 2 is 2.05 bits per heavy atom. The first kappa shape index (κ1) is 13.9. The number of nitrogens with two attached hydrogens (primary N) is 1. The van der Waals surface area contributed by atoms with E-state index in [1.807, 2.05) is 29.3 Å². The van der Waals surface area contributed by atoms with Crippen LogP contribution in [-0.2, 0) is 6.42 Å². The summed E-state index contributed by atoms with van der Waals surface area (Å²) >= 11 is 4.76. The van der Waals surface area contributed by atoms with Gasteiger partial charge in [-0.2, -0.15) is 5.26 Å². The van der Waals surface area contributed by atoms with Gasteiger partial charge in [0, 0.05) is 18.9 Å². The first-order valence-electron chi connectivity index (χ1n) is 6.14. The number of thiocarbonyl (C=S) groups is 1. The number of hydrogen-bond donors (Lipinski definition) is 2. The summed E-state index contributed by atoms with van der Waals surface area (Å²) in [7, 11) is 0. The second-order valence-corrected chi connectivity index (χ2v) is 4.68. The highest BCUT2D eigenvalue weighted by Crippen LogP contribution is 2.13. The minimum absolute atomic E-state index is 0.154. The fourth-order valence-corrected chi connectivity index (χ4v) is 1.97. The monoisotopic (exact) mass is 285 g/mol. The van der Waals surface area contributed by atoms with E-state index in [2.05, 4.69) is 23.6 Å². The average Bonchev–Trinajstić information content (AvgIpc) is 2.46. The number of nitrogens with one attached hydrogen (secondary N) is 1. The lowest BCUT2D eigenvalue weighted by atomic mass is 10.1. The van der Waals surface area contributed by atoms with Crippen molar-refractivity contribution in [2.75, 3.05) is 6.54 Å². The van der Waals surface area contributed by atoms with Crippen LogP contribution in [-0.4, -0.2) is 21.6 Å². The Bertz CT molecular complexity index is 573. The molecular weight excluding hydrogens is 270 g/mol. The summed E-state index contributed by atoms with van der Waals surface area (Å²) in [5.74, 6) is 0. The third kappa shape index (κ3) is 3.73. The lowest BCUT2D eigenvalue weighted by Gasteiger charge is -2.27. The second kappa shape index (κ2) is 6.59. The Hall–Kier alpha value is -2.52. The molecule has 2 rings (SSSR count). The van der Waals surface area contributed by atoms with Crippen molar-refractivity contribution in [2.45, 2.75) is 6.42 Å². The molecule has 1 aromatic carbocycles. The van der Waals surface area contributed by atoms with Crippen molar-refractivity contribution in [3.05, 3.63) is 60.2 Å². The summed E-state index contributed by atoms with van der Waals surface area (Å²) in [5, 5.41) is 10.9. The van der Waals surface area contributed by atoms with Crippen LogP contribution in [0.25, 0.3) is 0 Å².